The minimum atomic E-state index is -0.330. The van der Waals surface area contributed by atoms with E-state index in [1.165, 1.54) is 31.2 Å². The van der Waals surface area contributed by atoms with Crippen LogP contribution in [0.25, 0.3) is 0 Å². The third-order valence-corrected chi connectivity index (χ3v) is 3.64. The van der Waals surface area contributed by atoms with Gasteiger partial charge in [0.05, 0.1) is 10.6 Å². The summed E-state index contributed by atoms with van der Waals surface area (Å²) < 4.78 is 0. The Morgan fingerprint density at radius 1 is 1.26 bits per heavy atom. The maximum Gasteiger partial charge on any atom is 0.257 e. The van der Waals surface area contributed by atoms with Crippen LogP contribution in [0.2, 0.25) is 0 Å². The van der Waals surface area contributed by atoms with Crippen molar-refractivity contribution in [2.75, 3.05) is 5.32 Å². The summed E-state index contributed by atoms with van der Waals surface area (Å²) in [6, 6.07) is 5.89. The van der Waals surface area contributed by atoms with Crippen LogP contribution < -0.4 is 5.32 Å². The SMILES string of the molecule is CC(=O)c1sc(NC(=O)c2ccc(O)cc2)nc1C. The number of anilines is 1. The van der Waals surface area contributed by atoms with Crippen LogP contribution in [0.4, 0.5) is 5.13 Å². The van der Waals surface area contributed by atoms with Crippen LogP contribution in [0.15, 0.2) is 24.3 Å². The Balaban J connectivity index is 2.17. The molecule has 1 aromatic heterocycles. The number of carbonyl (C=O) groups excluding carboxylic acids is 2. The zero-order valence-corrected chi connectivity index (χ0v) is 11.2. The minimum Gasteiger partial charge on any atom is -0.508 e. The molecule has 0 bridgehead atoms. The first-order chi connectivity index (χ1) is 8.97. The number of rotatable bonds is 3. The molecular formula is C13H12N2O3S. The molecule has 0 unspecified atom stereocenters. The first-order valence-corrected chi connectivity index (χ1v) is 6.38. The van der Waals surface area contributed by atoms with Crippen molar-refractivity contribution in [3.8, 4) is 5.75 Å². The molecule has 0 saturated heterocycles. The number of aromatic nitrogens is 1. The van der Waals surface area contributed by atoms with Crippen molar-refractivity contribution < 1.29 is 14.7 Å². The molecule has 0 spiro atoms. The Morgan fingerprint density at radius 2 is 1.89 bits per heavy atom. The highest BCUT2D eigenvalue weighted by Gasteiger charge is 2.14. The molecule has 0 fully saturated rings. The molecule has 19 heavy (non-hydrogen) atoms. The van der Waals surface area contributed by atoms with Crippen LogP contribution in [-0.4, -0.2) is 21.8 Å². The van der Waals surface area contributed by atoms with Gasteiger partial charge in [-0.3, -0.25) is 14.9 Å². The van der Waals surface area contributed by atoms with E-state index in [1.807, 2.05) is 0 Å². The van der Waals surface area contributed by atoms with Gasteiger partial charge in [-0.1, -0.05) is 11.3 Å². The molecule has 0 atom stereocenters. The van der Waals surface area contributed by atoms with Crippen LogP contribution in [0, 0.1) is 6.92 Å². The summed E-state index contributed by atoms with van der Waals surface area (Å²) >= 11 is 1.15. The number of nitrogens with one attached hydrogen (secondary N) is 1. The largest absolute Gasteiger partial charge is 0.508 e. The number of phenolic OH excluding ortho intramolecular Hbond substituents is 1. The number of nitrogens with zero attached hydrogens (tertiary/aromatic N) is 1. The van der Waals surface area contributed by atoms with Gasteiger partial charge in [-0.05, 0) is 31.2 Å². The average Bonchev–Trinajstić information content (AvgIpc) is 2.71. The molecule has 1 heterocycles. The van der Waals surface area contributed by atoms with E-state index in [2.05, 4.69) is 10.3 Å². The molecule has 0 aliphatic heterocycles. The van der Waals surface area contributed by atoms with E-state index < -0.39 is 0 Å². The average molecular weight is 276 g/mol. The van der Waals surface area contributed by atoms with Gasteiger partial charge in [0.2, 0.25) is 0 Å². The highest BCUT2D eigenvalue weighted by Crippen LogP contribution is 2.23. The van der Waals surface area contributed by atoms with Gasteiger partial charge < -0.3 is 5.11 Å². The Kier molecular flexibility index (Phi) is 3.62. The highest BCUT2D eigenvalue weighted by atomic mass is 32.1. The summed E-state index contributed by atoms with van der Waals surface area (Å²) in [6.07, 6.45) is 0. The van der Waals surface area contributed by atoms with E-state index >= 15 is 0 Å². The number of hydrogen-bond acceptors (Lipinski definition) is 5. The fourth-order valence-electron chi connectivity index (χ4n) is 1.56. The summed E-state index contributed by atoms with van der Waals surface area (Å²) in [6.45, 7) is 3.19. The predicted octanol–water partition coefficient (Wildman–Crippen LogP) is 2.61. The number of amides is 1. The summed E-state index contributed by atoms with van der Waals surface area (Å²) in [5.74, 6) is -0.301. The summed E-state index contributed by atoms with van der Waals surface area (Å²) in [5.41, 5.74) is 1.02. The van der Waals surface area contributed by atoms with E-state index in [4.69, 9.17) is 5.11 Å². The van der Waals surface area contributed by atoms with E-state index in [0.717, 1.165) is 11.3 Å². The Labute approximate surface area is 113 Å². The second-order valence-corrected chi connectivity index (χ2v) is 4.99. The lowest BCUT2D eigenvalue weighted by Gasteiger charge is -2.01. The molecule has 0 radical (unpaired) electrons. The van der Waals surface area contributed by atoms with Crippen LogP contribution in [0.3, 0.4) is 0 Å². The van der Waals surface area contributed by atoms with Gasteiger partial charge >= 0.3 is 0 Å². The second kappa shape index (κ2) is 5.19. The molecule has 2 rings (SSSR count). The zero-order valence-electron chi connectivity index (χ0n) is 10.4. The van der Waals surface area contributed by atoms with Crippen LogP contribution >= 0.6 is 11.3 Å². The first-order valence-electron chi connectivity index (χ1n) is 5.56. The Morgan fingerprint density at radius 3 is 2.42 bits per heavy atom. The molecule has 1 amide bonds. The van der Waals surface area contributed by atoms with Crippen molar-refractivity contribution in [1.29, 1.82) is 0 Å². The lowest BCUT2D eigenvalue weighted by molar-refractivity contribution is 0.101. The maximum atomic E-state index is 11.9. The third-order valence-electron chi connectivity index (χ3n) is 2.47. The normalized spacial score (nSPS) is 10.2. The summed E-state index contributed by atoms with van der Waals surface area (Å²) in [5, 5.41) is 12.2. The molecule has 0 aliphatic rings. The van der Waals surface area contributed by atoms with Crippen molar-refractivity contribution in [3.63, 3.8) is 0 Å². The summed E-state index contributed by atoms with van der Waals surface area (Å²) in [4.78, 5) is 27.9. The standard InChI is InChI=1S/C13H12N2O3S/c1-7-11(8(2)16)19-13(14-7)15-12(18)9-3-5-10(17)6-4-9/h3-6,17H,1-2H3,(H,14,15,18). The van der Waals surface area contributed by atoms with E-state index in [-0.39, 0.29) is 17.4 Å². The predicted molar refractivity (Wildman–Crippen MR) is 72.9 cm³/mol. The van der Waals surface area contributed by atoms with Crippen molar-refractivity contribution in [1.82, 2.24) is 4.98 Å². The number of thiazole rings is 1. The molecule has 0 saturated carbocycles. The lowest BCUT2D eigenvalue weighted by Crippen LogP contribution is -2.11. The van der Waals surface area contributed by atoms with Crippen LogP contribution in [0.1, 0.15) is 32.6 Å². The molecule has 1 aromatic carbocycles. The van der Waals surface area contributed by atoms with Gasteiger partial charge in [-0.2, -0.15) is 0 Å². The second-order valence-electron chi connectivity index (χ2n) is 3.99. The maximum absolute atomic E-state index is 11.9. The van der Waals surface area contributed by atoms with Crippen molar-refractivity contribution in [3.05, 3.63) is 40.4 Å². The lowest BCUT2D eigenvalue weighted by atomic mass is 10.2. The molecular weight excluding hydrogens is 264 g/mol. The van der Waals surface area contributed by atoms with Crippen molar-refractivity contribution >= 4 is 28.2 Å². The number of aryl methyl sites for hydroxylation is 1. The Hall–Kier alpha value is -2.21. The van der Waals surface area contributed by atoms with Gasteiger partial charge in [-0.25, -0.2) is 4.98 Å². The number of phenols is 1. The van der Waals surface area contributed by atoms with Gasteiger partial charge in [0.15, 0.2) is 10.9 Å². The van der Waals surface area contributed by atoms with E-state index in [9.17, 15) is 9.59 Å². The highest BCUT2D eigenvalue weighted by molar-refractivity contribution is 7.17. The third kappa shape index (κ3) is 2.97. The zero-order chi connectivity index (χ0) is 14.0. The Bertz CT molecular complexity index is 632. The first kappa shape index (κ1) is 13.2. The fraction of sp³-hybridized carbons (Fsp3) is 0.154. The number of aromatic hydroxyl groups is 1. The number of Topliss-reactive ketones (excluding diaryl/α,β-unsaturated/α-hetero) is 1. The number of hydrogen-bond donors (Lipinski definition) is 2. The van der Waals surface area contributed by atoms with Crippen molar-refractivity contribution in [2.45, 2.75) is 13.8 Å². The molecule has 0 aliphatic carbocycles. The topological polar surface area (TPSA) is 79.3 Å². The van der Waals surface area contributed by atoms with Gasteiger partial charge in [0, 0.05) is 12.5 Å². The van der Waals surface area contributed by atoms with Gasteiger partial charge in [-0.15, -0.1) is 0 Å². The quantitative estimate of drug-likeness (QED) is 0.844. The minimum absolute atomic E-state index is 0.0693. The number of carbonyl (C=O) groups is 2. The summed E-state index contributed by atoms with van der Waals surface area (Å²) in [7, 11) is 0. The number of benzene rings is 1. The van der Waals surface area contributed by atoms with Crippen LogP contribution in [0.5, 0.6) is 5.75 Å². The van der Waals surface area contributed by atoms with E-state index in [1.54, 1.807) is 6.92 Å². The van der Waals surface area contributed by atoms with Gasteiger partial charge in [0.25, 0.3) is 5.91 Å². The number of ketones is 1. The molecule has 2 N–H and O–H groups in total. The molecule has 5 nitrogen and oxygen atoms in total. The monoisotopic (exact) mass is 276 g/mol. The van der Waals surface area contributed by atoms with Crippen molar-refractivity contribution in [2.24, 2.45) is 0 Å². The fourth-order valence-corrected chi connectivity index (χ4v) is 2.42. The smallest absolute Gasteiger partial charge is 0.257 e. The van der Waals surface area contributed by atoms with E-state index in [0.29, 0.717) is 21.3 Å². The van der Waals surface area contributed by atoms with Gasteiger partial charge in [0.1, 0.15) is 5.75 Å². The molecule has 98 valence electrons. The van der Waals surface area contributed by atoms with Crippen LogP contribution in [-0.2, 0) is 0 Å². The molecule has 2 aromatic rings. The molecule has 6 heteroatoms.